The second-order valence-electron chi connectivity index (χ2n) is 4.20. The van der Waals surface area contributed by atoms with Gasteiger partial charge in [-0.15, -0.1) is 0 Å². The van der Waals surface area contributed by atoms with E-state index in [0.717, 1.165) is 11.0 Å². The fourth-order valence-corrected chi connectivity index (χ4v) is 2.58. The minimum atomic E-state index is -0.505. The predicted molar refractivity (Wildman–Crippen MR) is 67.9 cm³/mol. The number of benzene rings is 1. The van der Waals surface area contributed by atoms with Crippen LogP contribution in [-0.2, 0) is 4.79 Å². The molecule has 17 heavy (non-hydrogen) atoms. The van der Waals surface area contributed by atoms with Crippen LogP contribution in [0.1, 0.15) is 13.8 Å². The van der Waals surface area contributed by atoms with E-state index in [1.165, 1.54) is 0 Å². The Balaban J connectivity index is 2.24. The molecule has 0 radical (unpaired) electrons. The van der Waals surface area contributed by atoms with Gasteiger partial charge in [0.15, 0.2) is 0 Å². The molecule has 2 aromatic rings. The van der Waals surface area contributed by atoms with Crippen LogP contribution in [0.2, 0.25) is 0 Å². The van der Waals surface area contributed by atoms with Crippen LogP contribution in [0, 0.1) is 5.92 Å². The van der Waals surface area contributed by atoms with Crippen molar-refractivity contribution in [2.45, 2.75) is 19.9 Å². The number of nitrogens with two attached hydrogens (primary N) is 1. The van der Waals surface area contributed by atoms with Crippen LogP contribution >= 0.6 is 0 Å². The summed E-state index contributed by atoms with van der Waals surface area (Å²) in [5.41, 5.74) is 8.11. The zero-order chi connectivity index (χ0) is 12.4. The summed E-state index contributed by atoms with van der Waals surface area (Å²) >= 11 is -0.0939. The first-order valence-electron chi connectivity index (χ1n) is 5.37. The van der Waals surface area contributed by atoms with Gasteiger partial charge in [0, 0.05) is 0 Å². The normalized spacial score (nSPS) is 12.9. The summed E-state index contributed by atoms with van der Waals surface area (Å²) in [6, 6.07) is 5.07. The van der Waals surface area contributed by atoms with Gasteiger partial charge in [0.05, 0.1) is 0 Å². The summed E-state index contributed by atoms with van der Waals surface area (Å²) in [7, 11) is 0. The van der Waals surface area contributed by atoms with Gasteiger partial charge in [-0.1, -0.05) is 0 Å². The van der Waals surface area contributed by atoms with Crippen molar-refractivity contribution in [2.24, 2.45) is 11.7 Å². The molecular weight excluding hydrogens is 283 g/mol. The van der Waals surface area contributed by atoms with Gasteiger partial charge < -0.3 is 0 Å². The van der Waals surface area contributed by atoms with Crippen molar-refractivity contribution in [1.29, 1.82) is 0 Å². The number of carbonyl (C=O) groups excluding carboxylic acids is 1. The fraction of sp³-hybridized carbons (Fsp3) is 0.364. The Morgan fingerprint density at radius 3 is 2.88 bits per heavy atom. The number of fused-ring (bicyclic) bond motifs is 1. The molecule has 5 nitrogen and oxygen atoms in total. The number of anilines is 1. The Morgan fingerprint density at radius 1 is 1.41 bits per heavy atom. The molecule has 0 saturated heterocycles. The molecule has 1 unspecified atom stereocenters. The van der Waals surface area contributed by atoms with Crippen LogP contribution in [-0.4, -0.2) is 34.9 Å². The average Bonchev–Trinajstić information content (AvgIpc) is 2.76. The summed E-state index contributed by atoms with van der Waals surface area (Å²) < 4.78 is 8.56. The summed E-state index contributed by atoms with van der Waals surface area (Å²) in [4.78, 5) is 11.9. The fourth-order valence-electron chi connectivity index (χ4n) is 1.43. The van der Waals surface area contributed by atoms with Crippen LogP contribution in [0.25, 0.3) is 11.0 Å². The van der Waals surface area contributed by atoms with E-state index >= 15 is 0 Å². The number of nitrogens with one attached hydrogen (secondary N) is 1. The standard InChI is InChI=1S/C11H14N4OSe/c1-6(2)9(12)11(16)13-7-4-3-5-8-10(7)15-17-14-8/h3-6,9H,12H2,1-2H3,(H,13,16). The summed E-state index contributed by atoms with van der Waals surface area (Å²) in [6.07, 6.45) is 0. The van der Waals surface area contributed by atoms with Crippen LogP contribution in [0.4, 0.5) is 5.69 Å². The molecule has 6 heteroatoms. The van der Waals surface area contributed by atoms with Crippen LogP contribution in [0.5, 0.6) is 0 Å². The van der Waals surface area contributed by atoms with Gasteiger partial charge in [0.25, 0.3) is 0 Å². The Kier molecular flexibility index (Phi) is 3.57. The van der Waals surface area contributed by atoms with E-state index in [2.05, 4.69) is 13.3 Å². The number of nitrogens with zero attached hydrogens (tertiary/aromatic N) is 2. The molecule has 1 amide bonds. The monoisotopic (exact) mass is 298 g/mol. The topological polar surface area (TPSA) is 80.9 Å². The Bertz CT molecular complexity index is 537. The molecule has 1 atom stereocenters. The van der Waals surface area contributed by atoms with Gasteiger partial charge in [-0.2, -0.15) is 0 Å². The molecule has 0 aliphatic heterocycles. The average molecular weight is 297 g/mol. The molecule has 1 heterocycles. The summed E-state index contributed by atoms with van der Waals surface area (Å²) in [5, 5.41) is 2.82. The molecule has 0 aliphatic carbocycles. The molecule has 0 bridgehead atoms. The second kappa shape index (κ2) is 4.96. The first-order chi connectivity index (χ1) is 8.09. The number of hydrogen-bond acceptors (Lipinski definition) is 4. The molecule has 0 fully saturated rings. The van der Waals surface area contributed by atoms with Gasteiger partial charge in [-0.3, -0.25) is 0 Å². The second-order valence-corrected chi connectivity index (χ2v) is 5.31. The molecular formula is C11H14N4OSe. The zero-order valence-corrected chi connectivity index (χ0v) is 11.4. The van der Waals surface area contributed by atoms with Gasteiger partial charge in [-0.05, 0) is 0 Å². The van der Waals surface area contributed by atoms with E-state index < -0.39 is 6.04 Å². The van der Waals surface area contributed by atoms with Crippen molar-refractivity contribution < 1.29 is 4.79 Å². The minimum absolute atomic E-state index is 0.0939. The first kappa shape index (κ1) is 12.2. The number of carbonyl (C=O) groups is 1. The van der Waals surface area contributed by atoms with Crippen molar-refractivity contribution in [2.75, 3.05) is 5.32 Å². The van der Waals surface area contributed by atoms with Crippen molar-refractivity contribution in [1.82, 2.24) is 7.96 Å². The van der Waals surface area contributed by atoms with Gasteiger partial charge in [0.1, 0.15) is 0 Å². The van der Waals surface area contributed by atoms with Crippen LogP contribution in [0.15, 0.2) is 18.2 Å². The number of amides is 1. The molecule has 2 rings (SSSR count). The van der Waals surface area contributed by atoms with Crippen molar-refractivity contribution in [3.05, 3.63) is 18.2 Å². The van der Waals surface area contributed by atoms with E-state index in [-0.39, 0.29) is 26.8 Å². The van der Waals surface area contributed by atoms with Crippen molar-refractivity contribution >= 4 is 37.6 Å². The van der Waals surface area contributed by atoms with Gasteiger partial charge in [0.2, 0.25) is 0 Å². The molecule has 0 saturated carbocycles. The number of hydrogen-bond donors (Lipinski definition) is 2. The molecule has 3 N–H and O–H groups in total. The zero-order valence-electron chi connectivity index (χ0n) is 9.68. The van der Waals surface area contributed by atoms with E-state index in [1.807, 2.05) is 32.0 Å². The Morgan fingerprint density at radius 2 is 2.18 bits per heavy atom. The van der Waals surface area contributed by atoms with Crippen molar-refractivity contribution in [3.8, 4) is 0 Å². The Labute approximate surface area is 106 Å². The Hall–Kier alpha value is -1.23. The third-order valence-corrected chi connectivity index (χ3v) is 3.70. The molecule has 1 aromatic carbocycles. The summed E-state index contributed by atoms with van der Waals surface area (Å²) in [5.74, 6) is -0.0689. The maximum atomic E-state index is 11.9. The van der Waals surface area contributed by atoms with Gasteiger partial charge in [-0.25, -0.2) is 0 Å². The third-order valence-electron chi connectivity index (χ3n) is 2.56. The van der Waals surface area contributed by atoms with E-state index in [0.29, 0.717) is 5.69 Å². The number of rotatable bonds is 3. The molecule has 1 aromatic heterocycles. The SMILES string of the molecule is CC(C)C(N)C(=O)Nc1cccc2n[se]nc12. The van der Waals surface area contributed by atoms with E-state index in [9.17, 15) is 4.79 Å². The van der Waals surface area contributed by atoms with Crippen LogP contribution < -0.4 is 11.1 Å². The van der Waals surface area contributed by atoms with Crippen molar-refractivity contribution in [3.63, 3.8) is 0 Å². The van der Waals surface area contributed by atoms with E-state index in [4.69, 9.17) is 5.73 Å². The quantitative estimate of drug-likeness (QED) is 0.813. The summed E-state index contributed by atoms with van der Waals surface area (Å²) in [6.45, 7) is 3.84. The van der Waals surface area contributed by atoms with Gasteiger partial charge >= 0.3 is 105 Å². The van der Waals surface area contributed by atoms with Crippen LogP contribution in [0.3, 0.4) is 0 Å². The first-order valence-corrected chi connectivity index (χ1v) is 6.90. The number of aromatic nitrogens is 2. The molecule has 90 valence electrons. The van der Waals surface area contributed by atoms with E-state index in [1.54, 1.807) is 0 Å². The molecule has 0 spiro atoms. The molecule has 0 aliphatic rings. The third kappa shape index (κ3) is 2.54. The maximum absolute atomic E-state index is 11.9. The predicted octanol–water partition coefficient (Wildman–Crippen LogP) is 0.609.